The number of amides is 2. The molecule has 0 fully saturated rings. The molecule has 1 aromatic rings. The molecule has 0 saturated carbocycles. The molecule has 1 aromatic heterocycles. The van der Waals surface area contributed by atoms with Gasteiger partial charge in [0.1, 0.15) is 5.15 Å². The SMILES string of the molecule is Cc1cc(C(=O)NOCC(N)=O)cc(Cl)n1. The van der Waals surface area contributed by atoms with Crippen molar-refractivity contribution in [1.29, 1.82) is 0 Å². The lowest BCUT2D eigenvalue weighted by Gasteiger charge is -2.05. The molecule has 7 heteroatoms. The maximum Gasteiger partial charge on any atom is 0.275 e. The van der Waals surface area contributed by atoms with Gasteiger partial charge in [0.25, 0.3) is 5.91 Å². The molecule has 2 amide bonds. The number of carbonyl (C=O) groups is 2. The van der Waals surface area contributed by atoms with Crippen LogP contribution in [-0.4, -0.2) is 23.4 Å². The van der Waals surface area contributed by atoms with E-state index in [4.69, 9.17) is 17.3 Å². The van der Waals surface area contributed by atoms with Crippen LogP contribution in [0.3, 0.4) is 0 Å². The Morgan fingerprint density at radius 3 is 2.81 bits per heavy atom. The number of nitrogens with one attached hydrogen (secondary N) is 1. The van der Waals surface area contributed by atoms with E-state index in [0.29, 0.717) is 11.3 Å². The number of hydroxylamine groups is 1. The molecule has 0 atom stereocenters. The van der Waals surface area contributed by atoms with E-state index in [1.807, 2.05) is 0 Å². The largest absolute Gasteiger partial charge is 0.368 e. The summed E-state index contributed by atoms with van der Waals surface area (Å²) in [5.74, 6) is -1.20. The van der Waals surface area contributed by atoms with Crippen molar-refractivity contribution in [3.05, 3.63) is 28.5 Å². The second-order valence-electron chi connectivity index (χ2n) is 3.01. The van der Waals surface area contributed by atoms with E-state index in [-0.39, 0.29) is 11.8 Å². The molecule has 86 valence electrons. The van der Waals surface area contributed by atoms with Crippen molar-refractivity contribution in [3.8, 4) is 0 Å². The molecule has 0 unspecified atom stereocenters. The zero-order valence-electron chi connectivity index (χ0n) is 8.49. The molecule has 0 bridgehead atoms. The van der Waals surface area contributed by atoms with Crippen LogP contribution in [0.1, 0.15) is 16.1 Å². The number of nitrogens with two attached hydrogens (primary N) is 1. The van der Waals surface area contributed by atoms with Gasteiger partial charge in [0.15, 0.2) is 6.61 Å². The molecule has 0 radical (unpaired) electrons. The van der Waals surface area contributed by atoms with Crippen molar-refractivity contribution in [3.63, 3.8) is 0 Å². The lowest BCUT2D eigenvalue weighted by molar-refractivity contribution is -0.124. The molecule has 3 N–H and O–H groups in total. The first kappa shape index (κ1) is 12.4. The second kappa shape index (κ2) is 5.43. The van der Waals surface area contributed by atoms with Crippen LogP contribution < -0.4 is 11.2 Å². The van der Waals surface area contributed by atoms with Gasteiger partial charge in [0.2, 0.25) is 5.91 Å². The van der Waals surface area contributed by atoms with Crippen LogP contribution in [0.25, 0.3) is 0 Å². The molecule has 6 nitrogen and oxygen atoms in total. The molecule has 0 saturated heterocycles. The number of aryl methyl sites for hydroxylation is 1. The van der Waals surface area contributed by atoms with Crippen LogP contribution in [0.4, 0.5) is 0 Å². The lowest BCUT2D eigenvalue weighted by Crippen LogP contribution is -2.29. The number of nitrogens with zero attached hydrogens (tertiary/aromatic N) is 1. The van der Waals surface area contributed by atoms with Crippen molar-refractivity contribution >= 4 is 23.4 Å². The number of hydrogen-bond donors (Lipinski definition) is 2. The summed E-state index contributed by atoms with van der Waals surface area (Å²) < 4.78 is 0. The van der Waals surface area contributed by atoms with Crippen molar-refractivity contribution in [2.75, 3.05) is 6.61 Å². The van der Waals surface area contributed by atoms with E-state index >= 15 is 0 Å². The fourth-order valence-corrected chi connectivity index (χ4v) is 1.24. The molecule has 1 rings (SSSR count). The summed E-state index contributed by atoms with van der Waals surface area (Å²) in [5, 5.41) is 0.208. The highest BCUT2D eigenvalue weighted by atomic mass is 35.5. The van der Waals surface area contributed by atoms with Gasteiger partial charge in [-0.3, -0.25) is 14.4 Å². The highest BCUT2D eigenvalue weighted by Gasteiger charge is 2.08. The maximum atomic E-state index is 11.5. The molecule has 0 aromatic carbocycles. The van der Waals surface area contributed by atoms with Gasteiger partial charge in [-0.2, -0.15) is 0 Å². The molecule has 0 aliphatic heterocycles. The van der Waals surface area contributed by atoms with Crippen LogP contribution in [0.2, 0.25) is 5.15 Å². The van der Waals surface area contributed by atoms with E-state index in [1.165, 1.54) is 12.1 Å². The van der Waals surface area contributed by atoms with Crippen molar-refractivity contribution < 1.29 is 14.4 Å². The first-order chi connectivity index (χ1) is 7.49. The zero-order chi connectivity index (χ0) is 12.1. The Morgan fingerprint density at radius 1 is 1.56 bits per heavy atom. The van der Waals surface area contributed by atoms with Crippen molar-refractivity contribution in [2.45, 2.75) is 6.92 Å². The van der Waals surface area contributed by atoms with Crippen LogP contribution in [0, 0.1) is 6.92 Å². The number of primary amides is 1. The van der Waals surface area contributed by atoms with E-state index < -0.39 is 11.8 Å². The predicted molar refractivity (Wildman–Crippen MR) is 56.6 cm³/mol. The van der Waals surface area contributed by atoms with Crippen LogP contribution in [0.15, 0.2) is 12.1 Å². The van der Waals surface area contributed by atoms with Gasteiger partial charge in [0, 0.05) is 11.3 Å². The first-order valence-corrected chi connectivity index (χ1v) is 4.71. The van der Waals surface area contributed by atoms with Gasteiger partial charge in [-0.1, -0.05) is 11.6 Å². The molecule has 16 heavy (non-hydrogen) atoms. The standard InChI is InChI=1S/C9H10ClN3O3/c1-5-2-6(3-7(10)12-5)9(15)13-16-4-8(11)14/h2-3H,4H2,1H3,(H2,11,14)(H,13,15). The van der Waals surface area contributed by atoms with Gasteiger partial charge in [-0.05, 0) is 19.1 Å². The number of aromatic nitrogens is 1. The van der Waals surface area contributed by atoms with Crippen LogP contribution in [0.5, 0.6) is 0 Å². The smallest absolute Gasteiger partial charge is 0.275 e. The minimum atomic E-state index is -0.677. The number of hydrogen-bond acceptors (Lipinski definition) is 4. The van der Waals surface area contributed by atoms with Gasteiger partial charge in [-0.25, -0.2) is 10.5 Å². The van der Waals surface area contributed by atoms with Gasteiger partial charge >= 0.3 is 0 Å². The topological polar surface area (TPSA) is 94.3 Å². The summed E-state index contributed by atoms with van der Waals surface area (Å²) in [5.41, 5.74) is 7.78. The highest BCUT2D eigenvalue weighted by Crippen LogP contribution is 2.10. The third kappa shape index (κ3) is 3.84. The average molecular weight is 244 g/mol. The van der Waals surface area contributed by atoms with Gasteiger partial charge in [-0.15, -0.1) is 0 Å². The molecular formula is C9H10ClN3O3. The normalized spacial score (nSPS) is 9.88. The van der Waals surface area contributed by atoms with E-state index in [2.05, 4.69) is 15.3 Å². The molecule has 0 aliphatic rings. The third-order valence-electron chi connectivity index (χ3n) is 1.56. The number of rotatable bonds is 4. The number of pyridine rings is 1. The Morgan fingerprint density at radius 2 is 2.25 bits per heavy atom. The third-order valence-corrected chi connectivity index (χ3v) is 1.76. The van der Waals surface area contributed by atoms with Crippen LogP contribution in [-0.2, 0) is 9.63 Å². The lowest BCUT2D eigenvalue weighted by atomic mass is 10.2. The fraction of sp³-hybridized carbons (Fsp3) is 0.222. The Kier molecular flexibility index (Phi) is 4.21. The summed E-state index contributed by atoms with van der Waals surface area (Å²) in [4.78, 5) is 30.2. The summed E-state index contributed by atoms with van der Waals surface area (Å²) >= 11 is 5.67. The van der Waals surface area contributed by atoms with Gasteiger partial charge < -0.3 is 5.73 Å². The minimum absolute atomic E-state index is 0.208. The summed E-state index contributed by atoms with van der Waals surface area (Å²) in [6.07, 6.45) is 0. The average Bonchev–Trinajstić information content (AvgIpc) is 2.15. The summed E-state index contributed by atoms with van der Waals surface area (Å²) in [6.45, 7) is 1.32. The predicted octanol–water partition coefficient (Wildman–Crippen LogP) is 0.190. The highest BCUT2D eigenvalue weighted by molar-refractivity contribution is 6.29. The molecule has 0 aliphatic carbocycles. The van der Waals surface area contributed by atoms with E-state index in [9.17, 15) is 9.59 Å². The van der Waals surface area contributed by atoms with Crippen molar-refractivity contribution in [1.82, 2.24) is 10.5 Å². The Balaban J connectivity index is 2.62. The molecule has 0 spiro atoms. The molecular weight excluding hydrogens is 234 g/mol. The second-order valence-corrected chi connectivity index (χ2v) is 3.39. The Hall–Kier alpha value is -1.66. The maximum absolute atomic E-state index is 11.5. The number of carbonyl (C=O) groups excluding carboxylic acids is 2. The quantitative estimate of drug-likeness (QED) is 0.583. The number of halogens is 1. The first-order valence-electron chi connectivity index (χ1n) is 4.33. The Bertz CT molecular complexity index is 402. The van der Waals surface area contributed by atoms with Crippen molar-refractivity contribution in [2.24, 2.45) is 5.73 Å². The van der Waals surface area contributed by atoms with Crippen LogP contribution >= 0.6 is 11.6 Å². The van der Waals surface area contributed by atoms with E-state index in [0.717, 1.165) is 0 Å². The minimum Gasteiger partial charge on any atom is -0.368 e. The Labute approximate surface area is 96.7 Å². The van der Waals surface area contributed by atoms with Gasteiger partial charge in [0.05, 0.1) is 0 Å². The summed E-state index contributed by atoms with van der Waals surface area (Å²) in [7, 11) is 0. The summed E-state index contributed by atoms with van der Waals surface area (Å²) in [6, 6.07) is 2.92. The fourth-order valence-electron chi connectivity index (χ4n) is 0.991. The zero-order valence-corrected chi connectivity index (χ0v) is 9.25. The molecule has 1 heterocycles. The monoisotopic (exact) mass is 243 g/mol. The van der Waals surface area contributed by atoms with E-state index in [1.54, 1.807) is 6.92 Å².